The standard InChI is InChI=1S/C19H20N2O4/c1-13(2)24-16-5-3-4-14(10-16)8-9-23-19-7-6-15(12-20-19)17-11-18(22)21-25-17/h3-7,10-13H,8-9H2,1-2H3,(H,21,22). The first kappa shape index (κ1) is 16.8. The Morgan fingerprint density at radius 3 is 2.72 bits per heavy atom. The number of pyridine rings is 1. The largest absolute Gasteiger partial charge is 0.491 e. The van der Waals surface area contributed by atoms with Gasteiger partial charge in [0.15, 0.2) is 5.76 Å². The number of hydrogen-bond donors (Lipinski definition) is 1. The maximum absolute atomic E-state index is 9.20. The molecule has 6 nitrogen and oxygen atoms in total. The summed E-state index contributed by atoms with van der Waals surface area (Å²) in [7, 11) is 0. The van der Waals surface area contributed by atoms with Gasteiger partial charge in [0, 0.05) is 30.3 Å². The van der Waals surface area contributed by atoms with E-state index in [4.69, 9.17) is 14.0 Å². The highest BCUT2D eigenvalue weighted by atomic mass is 16.5. The van der Waals surface area contributed by atoms with Crippen molar-refractivity contribution in [1.82, 2.24) is 10.1 Å². The number of hydrogen-bond acceptors (Lipinski definition) is 6. The average Bonchev–Trinajstić information content (AvgIpc) is 3.02. The molecule has 6 heteroatoms. The summed E-state index contributed by atoms with van der Waals surface area (Å²) >= 11 is 0. The van der Waals surface area contributed by atoms with E-state index in [0.29, 0.717) is 18.2 Å². The topological polar surface area (TPSA) is 77.6 Å². The molecule has 0 spiro atoms. The molecular weight excluding hydrogens is 320 g/mol. The van der Waals surface area contributed by atoms with Crippen LogP contribution in [0.3, 0.4) is 0 Å². The Morgan fingerprint density at radius 2 is 2.04 bits per heavy atom. The van der Waals surface area contributed by atoms with Crippen LogP contribution in [-0.4, -0.2) is 28.0 Å². The molecule has 3 rings (SSSR count). The van der Waals surface area contributed by atoms with Crippen molar-refractivity contribution in [3.8, 4) is 28.8 Å². The first-order valence-corrected chi connectivity index (χ1v) is 8.10. The first-order valence-electron chi connectivity index (χ1n) is 8.10. The third kappa shape index (κ3) is 4.73. The zero-order chi connectivity index (χ0) is 17.6. The van der Waals surface area contributed by atoms with Crippen molar-refractivity contribution < 1.29 is 19.1 Å². The molecule has 0 amide bonds. The summed E-state index contributed by atoms with van der Waals surface area (Å²) in [6.45, 7) is 4.52. The zero-order valence-electron chi connectivity index (χ0n) is 14.2. The lowest BCUT2D eigenvalue weighted by Gasteiger charge is -2.11. The number of ether oxygens (including phenoxy) is 2. The minimum Gasteiger partial charge on any atom is -0.491 e. The van der Waals surface area contributed by atoms with Crippen LogP contribution in [0.5, 0.6) is 17.5 Å². The minimum atomic E-state index is -0.154. The van der Waals surface area contributed by atoms with Gasteiger partial charge < -0.3 is 19.1 Å². The van der Waals surface area contributed by atoms with Crippen molar-refractivity contribution in [3.63, 3.8) is 0 Å². The van der Waals surface area contributed by atoms with Crippen molar-refractivity contribution in [2.45, 2.75) is 26.4 Å². The van der Waals surface area contributed by atoms with Crippen molar-refractivity contribution in [3.05, 3.63) is 54.2 Å². The quantitative estimate of drug-likeness (QED) is 0.704. The van der Waals surface area contributed by atoms with Gasteiger partial charge in [0.25, 0.3) is 5.88 Å². The number of nitrogens with zero attached hydrogens (tertiary/aromatic N) is 2. The molecule has 130 valence electrons. The molecule has 0 saturated heterocycles. The van der Waals surface area contributed by atoms with Gasteiger partial charge in [-0.25, -0.2) is 4.98 Å². The zero-order valence-corrected chi connectivity index (χ0v) is 14.2. The van der Waals surface area contributed by atoms with Gasteiger partial charge in [-0.2, -0.15) is 0 Å². The van der Waals surface area contributed by atoms with Crippen molar-refractivity contribution >= 4 is 0 Å². The second-order valence-corrected chi connectivity index (χ2v) is 5.85. The fourth-order valence-corrected chi connectivity index (χ4v) is 2.33. The van der Waals surface area contributed by atoms with Gasteiger partial charge in [-0.1, -0.05) is 12.1 Å². The normalized spacial score (nSPS) is 10.8. The molecule has 25 heavy (non-hydrogen) atoms. The summed E-state index contributed by atoms with van der Waals surface area (Å²) in [5.41, 5.74) is 1.87. The molecule has 0 aliphatic rings. The second kappa shape index (κ2) is 7.70. The summed E-state index contributed by atoms with van der Waals surface area (Å²) in [5, 5.41) is 12.6. The van der Waals surface area contributed by atoms with Crippen LogP contribution < -0.4 is 9.47 Å². The van der Waals surface area contributed by atoms with Gasteiger partial charge in [0.2, 0.25) is 5.88 Å². The fourth-order valence-electron chi connectivity index (χ4n) is 2.33. The highest BCUT2D eigenvalue weighted by Crippen LogP contribution is 2.23. The molecule has 0 saturated carbocycles. The number of rotatable bonds is 7. The highest BCUT2D eigenvalue weighted by Gasteiger charge is 2.07. The van der Waals surface area contributed by atoms with Gasteiger partial charge in [-0.3, -0.25) is 0 Å². The molecule has 1 aromatic carbocycles. The Kier molecular flexibility index (Phi) is 5.18. The lowest BCUT2D eigenvalue weighted by atomic mass is 10.1. The van der Waals surface area contributed by atoms with E-state index in [1.807, 2.05) is 38.1 Å². The number of aromatic nitrogens is 2. The van der Waals surface area contributed by atoms with Gasteiger partial charge in [0.1, 0.15) is 5.75 Å². The van der Waals surface area contributed by atoms with E-state index in [2.05, 4.69) is 10.1 Å². The Labute approximate surface area is 146 Å². The maximum atomic E-state index is 9.20. The molecule has 0 fully saturated rings. The van der Waals surface area contributed by atoms with Crippen LogP contribution in [0.1, 0.15) is 19.4 Å². The maximum Gasteiger partial charge on any atom is 0.252 e. The molecule has 0 atom stereocenters. The molecular formula is C19H20N2O4. The van der Waals surface area contributed by atoms with Crippen LogP contribution >= 0.6 is 0 Å². The SMILES string of the molecule is CC(C)Oc1cccc(CCOc2ccc(-c3cc(O)no3)cn2)c1. The van der Waals surface area contributed by atoms with Crippen molar-refractivity contribution in [2.75, 3.05) is 6.61 Å². The average molecular weight is 340 g/mol. The Hall–Kier alpha value is -3.02. The molecule has 0 aliphatic heterocycles. The van der Waals surface area contributed by atoms with Crippen LogP contribution in [0.15, 0.2) is 53.2 Å². The van der Waals surface area contributed by atoms with E-state index in [1.165, 1.54) is 6.07 Å². The predicted molar refractivity (Wildman–Crippen MR) is 92.8 cm³/mol. The number of benzene rings is 1. The number of aromatic hydroxyl groups is 1. The lowest BCUT2D eigenvalue weighted by molar-refractivity contribution is 0.242. The molecule has 0 unspecified atom stereocenters. The van der Waals surface area contributed by atoms with Gasteiger partial charge >= 0.3 is 0 Å². The molecule has 0 bridgehead atoms. The highest BCUT2D eigenvalue weighted by molar-refractivity contribution is 5.56. The van der Waals surface area contributed by atoms with Crippen LogP contribution in [0.25, 0.3) is 11.3 Å². The van der Waals surface area contributed by atoms with Gasteiger partial charge in [-0.15, -0.1) is 0 Å². The van der Waals surface area contributed by atoms with E-state index in [0.717, 1.165) is 23.3 Å². The monoisotopic (exact) mass is 340 g/mol. The molecule has 0 aliphatic carbocycles. The van der Waals surface area contributed by atoms with Crippen LogP contribution in [0.2, 0.25) is 0 Å². The molecule has 3 aromatic rings. The summed E-state index contributed by atoms with van der Waals surface area (Å²) in [6.07, 6.45) is 2.53. The van der Waals surface area contributed by atoms with Crippen LogP contribution in [-0.2, 0) is 6.42 Å². The van der Waals surface area contributed by atoms with E-state index in [1.54, 1.807) is 18.3 Å². The van der Waals surface area contributed by atoms with E-state index >= 15 is 0 Å². The fraction of sp³-hybridized carbons (Fsp3) is 0.263. The summed E-state index contributed by atoms with van der Waals surface area (Å²) in [6, 6.07) is 13.0. The van der Waals surface area contributed by atoms with Crippen molar-refractivity contribution in [2.24, 2.45) is 0 Å². The third-order valence-corrected chi connectivity index (χ3v) is 3.43. The molecule has 0 radical (unpaired) electrons. The van der Waals surface area contributed by atoms with E-state index < -0.39 is 0 Å². The molecule has 2 heterocycles. The Balaban J connectivity index is 1.54. The predicted octanol–water partition coefficient (Wildman–Crippen LogP) is 3.85. The van der Waals surface area contributed by atoms with E-state index in [-0.39, 0.29) is 12.0 Å². The molecule has 1 N–H and O–H groups in total. The van der Waals surface area contributed by atoms with Crippen molar-refractivity contribution in [1.29, 1.82) is 0 Å². The Morgan fingerprint density at radius 1 is 1.16 bits per heavy atom. The third-order valence-electron chi connectivity index (χ3n) is 3.43. The van der Waals surface area contributed by atoms with E-state index in [9.17, 15) is 5.11 Å². The van der Waals surface area contributed by atoms with Crippen LogP contribution in [0, 0.1) is 0 Å². The minimum absolute atomic E-state index is 0.153. The summed E-state index contributed by atoms with van der Waals surface area (Å²) in [4.78, 5) is 4.24. The van der Waals surface area contributed by atoms with Gasteiger partial charge in [0.05, 0.1) is 12.7 Å². The first-order chi connectivity index (χ1) is 12.1. The summed E-state index contributed by atoms with van der Waals surface area (Å²) in [5.74, 6) is 1.70. The molecule has 2 aromatic heterocycles. The summed E-state index contributed by atoms with van der Waals surface area (Å²) < 4.78 is 16.3. The smallest absolute Gasteiger partial charge is 0.252 e. The van der Waals surface area contributed by atoms with Crippen LogP contribution in [0.4, 0.5) is 0 Å². The van der Waals surface area contributed by atoms with Gasteiger partial charge in [-0.05, 0) is 42.8 Å². The lowest BCUT2D eigenvalue weighted by Crippen LogP contribution is -2.06. The second-order valence-electron chi connectivity index (χ2n) is 5.85. The Bertz CT molecular complexity index is 812.